The number of carbonyl (C=O) groups is 2. The van der Waals surface area contributed by atoms with Crippen LogP contribution in [0.15, 0.2) is 24.4 Å². The maximum absolute atomic E-state index is 11.3. The van der Waals surface area contributed by atoms with Gasteiger partial charge in [-0.25, -0.2) is 9.59 Å². The van der Waals surface area contributed by atoms with E-state index in [1.807, 2.05) is 6.92 Å². The second-order valence-corrected chi connectivity index (χ2v) is 3.11. The number of carbonyl (C=O) groups excluding carboxylic acids is 2. The Bertz CT molecular complexity index is 479. The van der Waals surface area contributed by atoms with Gasteiger partial charge in [-0.15, -0.1) is 0 Å². The van der Waals surface area contributed by atoms with Crippen LogP contribution in [0.2, 0.25) is 0 Å². The summed E-state index contributed by atoms with van der Waals surface area (Å²) in [5.74, 6) is -0.783. The average molecular weight is 219 g/mol. The fraction of sp³-hybridized carbons (Fsp3) is 0.182. The first-order valence-corrected chi connectivity index (χ1v) is 4.80. The number of hydrogen-bond donors (Lipinski definition) is 0. The van der Waals surface area contributed by atoms with Crippen LogP contribution in [-0.2, 0) is 16.0 Å². The third kappa shape index (κ3) is 1.93. The molecule has 16 heavy (non-hydrogen) atoms. The Kier molecular flexibility index (Phi) is 2.68. The van der Waals surface area contributed by atoms with Crippen molar-refractivity contribution in [3.05, 3.63) is 30.1 Å². The fourth-order valence-corrected chi connectivity index (χ4v) is 1.33. The van der Waals surface area contributed by atoms with Gasteiger partial charge >= 0.3 is 11.9 Å². The second kappa shape index (κ2) is 4.14. The van der Waals surface area contributed by atoms with Crippen molar-refractivity contribution in [2.75, 3.05) is 0 Å². The van der Waals surface area contributed by atoms with E-state index in [1.54, 1.807) is 0 Å². The predicted octanol–water partition coefficient (Wildman–Crippen LogP) is 1.02. The van der Waals surface area contributed by atoms with Crippen LogP contribution >= 0.6 is 0 Å². The molecule has 2 rings (SSSR count). The van der Waals surface area contributed by atoms with Gasteiger partial charge in [0.2, 0.25) is 0 Å². The molecule has 0 aliphatic carbocycles. The quantitative estimate of drug-likeness (QED) is 0.660. The minimum atomic E-state index is -0.611. The lowest BCUT2D eigenvalue weighted by atomic mass is 10.2. The first kappa shape index (κ1) is 10.4. The van der Waals surface area contributed by atoms with Crippen molar-refractivity contribution in [1.82, 2.24) is 4.98 Å². The standard InChI is InChI=1S/C11H9NO4/c1-2-7-11-8(5-6-12-7)15-9(13)3-4-10(14)16-11/h3-6H,2H2,1H3/b4-3+. The van der Waals surface area contributed by atoms with Gasteiger partial charge < -0.3 is 9.47 Å². The normalized spacial score (nSPS) is 16.6. The van der Waals surface area contributed by atoms with E-state index in [2.05, 4.69) is 4.98 Å². The summed E-state index contributed by atoms with van der Waals surface area (Å²) in [7, 11) is 0. The maximum atomic E-state index is 11.3. The van der Waals surface area contributed by atoms with Crippen LogP contribution in [0, 0.1) is 0 Å². The fourth-order valence-electron chi connectivity index (χ4n) is 1.33. The molecule has 1 aliphatic heterocycles. The van der Waals surface area contributed by atoms with Crippen LogP contribution in [0.25, 0.3) is 0 Å². The van der Waals surface area contributed by atoms with E-state index in [4.69, 9.17) is 9.47 Å². The number of pyridine rings is 1. The number of aryl methyl sites for hydroxylation is 1. The maximum Gasteiger partial charge on any atom is 0.336 e. The molecule has 0 N–H and O–H groups in total. The molecule has 0 unspecified atom stereocenters. The zero-order chi connectivity index (χ0) is 11.5. The molecule has 0 aromatic carbocycles. The summed E-state index contributed by atoms with van der Waals surface area (Å²) < 4.78 is 10.0. The van der Waals surface area contributed by atoms with E-state index in [0.29, 0.717) is 12.1 Å². The highest BCUT2D eigenvalue weighted by atomic mass is 16.6. The SMILES string of the molecule is CCc1nccc2c1OC(=O)/C=C/C(=O)O2. The topological polar surface area (TPSA) is 65.5 Å². The Morgan fingerprint density at radius 1 is 1.19 bits per heavy atom. The highest BCUT2D eigenvalue weighted by Crippen LogP contribution is 2.31. The Morgan fingerprint density at radius 3 is 2.56 bits per heavy atom. The smallest absolute Gasteiger partial charge is 0.336 e. The van der Waals surface area contributed by atoms with Crippen molar-refractivity contribution in [2.45, 2.75) is 13.3 Å². The number of esters is 2. The monoisotopic (exact) mass is 219 g/mol. The van der Waals surface area contributed by atoms with Gasteiger partial charge in [-0.1, -0.05) is 6.92 Å². The molecule has 82 valence electrons. The summed E-state index contributed by atoms with van der Waals surface area (Å²) >= 11 is 0. The van der Waals surface area contributed by atoms with Crippen molar-refractivity contribution in [3.8, 4) is 11.5 Å². The zero-order valence-electron chi connectivity index (χ0n) is 8.60. The number of hydrogen-bond acceptors (Lipinski definition) is 5. The minimum absolute atomic E-state index is 0.215. The van der Waals surface area contributed by atoms with Crippen LogP contribution < -0.4 is 9.47 Å². The molecule has 1 aromatic rings. The molecule has 0 atom stereocenters. The van der Waals surface area contributed by atoms with E-state index in [0.717, 1.165) is 12.2 Å². The summed E-state index contributed by atoms with van der Waals surface area (Å²) in [5, 5.41) is 0. The summed E-state index contributed by atoms with van der Waals surface area (Å²) in [6.07, 6.45) is 4.14. The van der Waals surface area contributed by atoms with E-state index >= 15 is 0 Å². The highest BCUT2D eigenvalue weighted by molar-refractivity contribution is 5.95. The Morgan fingerprint density at radius 2 is 1.88 bits per heavy atom. The molecular weight excluding hydrogens is 210 g/mol. The van der Waals surface area contributed by atoms with Crippen LogP contribution in [0.5, 0.6) is 11.5 Å². The second-order valence-electron chi connectivity index (χ2n) is 3.11. The number of rotatable bonds is 1. The lowest BCUT2D eigenvalue weighted by molar-refractivity contribution is -0.133. The lowest BCUT2D eigenvalue weighted by Crippen LogP contribution is -2.15. The Labute approximate surface area is 91.7 Å². The van der Waals surface area contributed by atoms with Crippen molar-refractivity contribution >= 4 is 11.9 Å². The third-order valence-corrected chi connectivity index (χ3v) is 2.05. The van der Waals surface area contributed by atoms with Gasteiger partial charge in [0.05, 0.1) is 5.69 Å². The molecule has 0 amide bonds. The first-order valence-electron chi connectivity index (χ1n) is 4.80. The van der Waals surface area contributed by atoms with Gasteiger partial charge in [-0.3, -0.25) is 4.98 Å². The molecule has 1 aliphatic rings. The van der Waals surface area contributed by atoms with Gasteiger partial charge in [-0.2, -0.15) is 0 Å². The molecule has 0 radical (unpaired) electrons. The van der Waals surface area contributed by atoms with E-state index < -0.39 is 11.9 Å². The third-order valence-electron chi connectivity index (χ3n) is 2.05. The Hall–Kier alpha value is -2.17. The number of nitrogens with zero attached hydrogens (tertiary/aromatic N) is 1. The highest BCUT2D eigenvalue weighted by Gasteiger charge is 2.18. The van der Waals surface area contributed by atoms with Gasteiger partial charge in [0.1, 0.15) is 0 Å². The Balaban J connectivity index is 2.51. The molecule has 0 spiro atoms. The summed E-state index contributed by atoms with van der Waals surface area (Å²) in [5.41, 5.74) is 0.578. The lowest BCUT2D eigenvalue weighted by Gasteiger charge is -2.12. The summed E-state index contributed by atoms with van der Waals surface area (Å²) in [6, 6.07) is 1.48. The number of fused-ring (bicyclic) bond motifs is 1. The molecule has 0 saturated carbocycles. The van der Waals surface area contributed by atoms with E-state index in [9.17, 15) is 9.59 Å². The van der Waals surface area contributed by atoms with Gasteiger partial charge in [0, 0.05) is 24.4 Å². The zero-order valence-corrected chi connectivity index (χ0v) is 8.60. The van der Waals surface area contributed by atoms with Gasteiger partial charge in [0.15, 0.2) is 11.5 Å². The van der Waals surface area contributed by atoms with Crippen molar-refractivity contribution in [2.24, 2.45) is 0 Å². The summed E-state index contributed by atoms with van der Waals surface area (Å²) in [4.78, 5) is 26.5. The first-order chi connectivity index (χ1) is 7.70. The van der Waals surface area contributed by atoms with Crippen LogP contribution in [0.4, 0.5) is 0 Å². The van der Waals surface area contributed by atoms with Crippen LogP contribution in [0.1, 0.15) is 12.6 Å². The molecular formula is C11H9NO4. The molecule has 0 saturated heterocycles. The number of ether oxygens (including phenoxy) is 2. The van der Waals surface area contributed by atoms with Crippen LogP contribution in [-0.4, -0.2) is 16.9 Å². The van der Waals surface area contributed by atoms with E-state index in [1.165, 1.54) is 12.3 Å². The molecule has 0 bridgehead atoms. The van der Waals surface area contributed by atoms with Crippen LogP contribution in [0.3, 0.4) is 0 Å². The molecule has 2 heterocycles. The van der Waals surface area contributed by atoms with Gasteiger partial charge in [-0.05, 0) is 6.42 Å². The van der Waals surface area contributed by atoms with E-state index in [-0.39, 0.29) is 11.5 Å². The predicted molar refractivity (Wildman–Crippen MR) is 54.0 cm³/mol. The average Bonchev–Trinajstić information content (AvgIpc) is 2.27. The summed E-state index contributed by atoms with van der Waals surface area (Å²) in [6.45, 7) is 1.87. The molecule has 0 fully saturated rings. The van der Waals surface area contributed by atoms with Crippen molar-refractivity contribution < 1.29 is 19.1 Å². The number of aromatic nitrogens is 1. The minimum Gasteiger partial charge on any atom is -0.419 e. The molecule has 1 aromatic heterocycles. The van der Waals surface area contributed by atoms with Crippen molar-refractivity contribution in [1.29, 1.82) is 0 Å². The molecule has 5 nitrogen and oxygen atoms in total. The van der Waals surface area contributed by atoms with Crippen molar-refractivity contribution in [3.63, 3.8) is 0 Å². The van der Waals surface area contributed by atoms with Gasteiger partial charge in [0.25, 0.3) is 0 Å². The largest absolute Gasteiger partial charge is 0.419 e. The molecule has 5 heteroatoms.